The number of ether oxygens (including phenoxy) is 1. The summed E-state index contributed by atoms with van der Waals surface area (Å²) < 4.78 is 4.72. The third-order valence-corrected chi connectivity index (χ3v) is 4.45. The number of carbonyl (C=O) groups is 1. The number of methoxy groups -OCH3 is 1. The minimum atomic E-state index is -0.375. The summed E-state index contributed by atoms with van der Waals surface area (Å²) in [5, 5.41) is 2.94. The molecule has 2 aromatic rings. The first-order valence-electron chi connectivity index (χ1n) is 7.97. The van der Waals surface area contributed by atoms with Crippen molar-refractivity contribution in [2.24, 2.45) is 0 Å². The summed E-state index contributed by atoms with van der Waals surface area (Å²) in [7, 11) is 3.40. The summed E-state index contributed by atoms with van der Waals surface area (Å²) >= 11 is 0. The van der Waals surface area contributed by atoms with Crippen LogP contribution in [-0.4, -0.2) is 42.3 Å². The molecule has 24 heavy (non-hydrogen) atoms. The van der Waals surface area contributed by atoms with Crippen molar-refractivity contribution in [2.45, 2.75) is 25.3 Å². The molecule has 2 heterocycles. The van der Waals surface area contributed by atoms with Crippen LogP contribution in [0.3, 0.4) is 0 Å². The van der Waals surface area contributed by atoms with Crippen LogP contribution in [0.15, 0.2) is 36.8 Å². The Kier molecular flexibility index (Phi) is 4.38. The van der Waals surface area contributed by atoms with Crippen LogP contribution in [0.4, 0.5) is 10.5 Å². The minimum Gasteiger partial charge on any atom is -0.453 e. The maximum absolute atomic E-state index is 11.5. The van der Waals surface area contributed by atoms with Gasteiger partial charge in [0.2, 0.25) is 0 Å². The predicted molar refractivity (Wildman–Crippen MR) is 93.0 cm³/mol. The number of hydrogen-bond acceptors (Lipinski definition) is 5. The Morgan fingerprint density at radius 3 is 2.71 bits per heavy atom. The molecule has 0 saturated heterocycles. The number of nitrogens with one attached hydrogen (secondary N) is 1. The maximum atomic E-state index is 11.5. The minimum absolute atomic E-state index is 0.191. The van der Waals surface area contributed by atoms with E-state index in [2.05, 4.69) is 26.3 Å². The van der Waals surface area contributed by atoms with Gasteiger partial charge in [-0.15, -0.1) is 0 Å². The molecule has 0 aromatic carbocycles. The smallest absolute Gasteiger partial charge is 0.407 e. The quantitative estimate of drug-likeness (QED) is 0.915. The molecule has 126 valence electrons. The molecule has 0 unspecified atom stereocenters. The van der Waals surface area contributed by atoms with Gasteiger partial charge in [-0.25, -0.2) is 4.79 Å². The number of likely N-dealkylation sites (N-methyl/N-ethyl adjacent to an activating group) is 1. The summed E-state index contributed by atoms with van der Waals surface area (Å²) in [5.74, 6) is 0. The molecular formula is C18H22N4O2. The molecule has 0 atom stereocenters. The predicted octanol–water partition coefficient (Wildman–Crippen LogP) is 2.78. The highest BCUT2D eigenvalue weighted by Gasteiger charge is 2.45. The molecule has 1 aliphatic carbocycles. The molecule has 0 spiro atoms. The van der Waals surface area contributed by atoms with Gasteiger partial charge in [-0.2, -0.15) is 0 Å². The van der Waals surface area contributed by atoms with Gasteiger partial charge >= 0.3 is 6.09 Å². The molecular weight excluding hydrogens is 304 g/mol. The van der Waals surface area contributed by atoms with E-state index in [4.69, 9.17) is 4.74 Å². The van der Waals surface area contributed by atoms with Crippen LogP contribution in [0, 0.1) is 6.92 Å². The molecule has 0 radical (unpaired) electrons. The van der Waals surface area contributed by atoms with Crippen LogP contribution in [0.5, 0.6) is 0 Å². The maximum Gasteiger partial charge on any atom is 0.407 e. The van der Waals surface area contributed by atoms with Crippen molar-refractivity contribution < 1.29 is 9.53 Å². The lowest BCUT2D eigenvalue weighted by Crippen LogP contribution is -2.44. The monoisotopic (exact) mass is 326 g/mol. The van der Waals surface area contributed by atoms with Gasteiger partial charge in [0.05, 0.1) is 24.5 Å². The van der Waals surface area contributed by atoms with Gasteiger partial charge in [-0.1, -0.05) is 0 Å². The number of carbonyl (C=O) groups excluding carboxylic acids is 1. The van der Waals surface area contributed by atoms with Crippen molar-refractivity contribution in [1.82, 2.24) is 15.3 Å². The summed E-state index contributed by atoms with van der Waals surface area (Å²) in [6.07, 6.45) is 6.98. The van der Waals surface area contributed by atoms with Crippen molar-refractivity contribution in [2.75, 3.05) is 25.6 Å². The first kappa shape index (κ1) is 16.2. The average Bonchev–Trinajstić information content (AvgIpc) is 3.34. The second-order valence-electron chi connectivity index (χ2n) is 6.32. The Hall–Kier alpha value is -2.63. The SMILES string of the molecule is COC(=O)NC1(CN(C)c2cnc(C)c(-c3ccncc3)c2)CC1. The second kappa shape index (κ2) is 6.47. The van der Waals surface area contributed by atoms with Crippen LogP contribution in [0.25, 0.3) is 11.1 Å². The molecule has 3 rings (SSSR count). The number of aromatic nitrogens is 2. The van der Waals surface area contributed by atoms with E-state index >= 15 is 0 Å². The van der Waals surface area contributed by atoms with E-state index in [1.165, 1.54) is 7.11 Å². The molecule has 1 saturated carbocycles. The lowest BCUT2D eigenvalue weighted by Gasteiger charge is -2.26. The zero-order valence-electron chi connectivity index (χ0n) is 14.2. The summed E-state index contributed by atoms with van der Waals surface area (Å²) in [5.41, 5.74) is 3.99. The lowest BCUT2D eigenvalue weighted by atomic mass is 10.1. The van der Waals surface area contributed by atoms with Crippen LogP contribution in [0.2, 0.25) is 0 Å². The topological polar surface area (TPSA) is 67.3 Å². The number of anilines is 1. The van der Waals surface area contributed by atoms with Crippen LogP contribution < -0.4 is 10.2 Å². The van der Waals surface area contributed by atoms with E-state index in [0.29, 0.717) is 0 Å². The van der Waals surface area contributed by atoms with E-state index in [-0.39, 0.29) is 11.6 Å². The van der Waals surface area contributed by atoms with Gasteiger partial charge in [0.25, 0.3) is 0 Å². The zero-order chi connectivity index (χ0) is 17.2. The van der Waals surface area contributed by atoms with Crippen molar-refractivity contribution in [3.8, 4) is 11.1 Å². The molecule has 1 aliphatic rings. The van der Waals surface area contributed by atoms with Gasteiger partial charge < -0.3 is 15.0 Å². The number of hydrogen-bond donors (Lipinski definition) is 1. The Morgan fingerprint density at radius 2 is 2.08 bits per heavy atom. The number of rotatable bonds is 5. The molecule has 0 bridgehead atoms. The van der Waals surface area contributed by atoms with Crippen LogP contribution in [0.1, 0.15) is 18.5 Å². The van der Waals surface area contributed by atoms with Gasteiger partial charge in [-0.05, 0) is 43.5 Å². The third-order valence-electron chi connectivity index (χ3n) is 4.45. The zero-order valence-corrected chi connectivity index (χ0v) is 14.2. The van der Waals surface area contributed by atoms with E-state index in [1.807, 2.05) is 32.3 Å². The highest BCUT2D eigenvalue weighted by atomic mass is 16.5. The van der Waals surface area contributed by atoms with Crippen molar-refractivity contribution in [1.29, 1.82) is 0 Å². The van der Waals surface area contributed by atoms with Crippen molar-refractivity contribution >= 4 is 11.8 Å². The molecule has 1 fully saturated rings. The van der Waals surface area contributed by atoms with E-state index in [1.54, 1.807) is 12.4 Å². The normalized spacial score (nSPS) is 14.8. The van der Waals surface area contributed by atoms with E-state index in [9.17, 15) is 4.79 Å². The number of alkyl carbamates (subject to hydrolysis) is 1. The van der Waals surface area contributed by atoms with Crippen LogP contribution >= 0.6 is 0 Å². The Labute approximate surface area is 141 Å². The summed E-state index contributed by atoms with van der Waals surface area (Å²) in [4.78, 5) is 22.2. The van der Waals surface area contributed by atoms with Gasteiger partial charge in [0.1, 0.15) is 0 Å². The molecule has 6 heteroatoms. The molecule has 0 aliphatic heterocycles. The Bertz CT molecular complexity index is 729. The number of pyridine rings is 2. The van der Waals surface area contributed by atoms with Crippen molar-refractivity contribution in [3.05, 3.63) is 42.5 Å². The van der Waals surface area contributed by atoms with E-state index in [0.717, 1.165) is 41.9 Å². The molecule has 1 N–H and O–H groups in total. The van der Waals surface area contributed by atoms with Crippen molar-refractivity contribution in [3.63, 3.8) is 0 Å². The number of amides is 1. The highest BCUT2D eigenvalue weighted by Crippen LogP contribution is 2.37. The molecule has 2 aromatic heterocycles. The fourth-order valence-electron chi connectivity index (χ4n) is 2.84. The first-order valence-corrected chi connectivity index (χ1v) is 7.97. The summed E-state index contributed by atoms with van der Waals surface area (Å²) in [6, 6.07) is 6.09. The standard InChI is InChI=1S/C18H22N4O2/c1-13-16(14-4-8-19-9-5-14)10-15(11-20-13)22(2)12-18(6-7-18)21-17(23)24-3/h4-5,8-11H,6-7,12H2,1-3H3,(H,21,23). The molecule has 1 amide bonds. The van der Waals surface area contributed by atoms with E-state index < -0.39 is 0 Å². The largest absolute Gasteiger partial charge is 0.453 e. The highest BCUT2D eigenvalue weighted by molar-refractivity contribution is 5.70. The Morgan fingerprint density at radius 1 is 1.38 bits per heavy atom. The second-order valence-corrected chi connectivity index (χ2v) is 6.32. The lowest BCUT2D eigenvalue weighted by molar-refractivity contribution is 0.165. The summed E-state index contributed by atoms with van der Waals surface area (Å²) in [6.45, 7) is 2.73. The van der Waals surface area contributed by atoms with Gasteiger partial charge in [-0.3, -0.25) is 9.97 Å². The first-order chi connectivity index (χ1) is 11.5. The Balaban J connectivity index is 1.79. The number of nitrogens with zero attached hydrogens (tertiary/aromatic N) is 3. The van der Waals surface area contributed by atoms with Gasteiger partial charge in [0, 0.05) is 37.2 Å². The average molecular weight is 326 g/mol. The third kappa shape index (κ3) is 3.48. The number of aryl methyl sites for hydroxylation is 1. The van der Waals surface area contributed by atoms with Gasteiger partial charge in [0.15, 0.2) is 0 Å². The molecule has 6 nitrogen and oxygen atoms in total. The van der Waals surface area contributed by atoms with Crippen LogP contribution in [-0.2, 0) is 4.74 Å². The fraction of sp³-hybridized carbons (Fsp3) is 0.389. The fourth-order valence-corrected chi connectivity index (χ4v) is 2.84.